The van der Waals surface area contributed by atoms with Crippen molar-refractivity contribution in [2.24, 2.45) is 0 Å². The Morgan fingerprint density at radius 3 is 3.12 bits per heavy atom. The predicted octanol–water partition coefficient (Wildman–Crippen LogP) is 2.52. The molecule has 0 bridgehead atoms. The number of aromatic amines is 1. The Hall–Kier alpha value is -2.29. The van der Waals surface area contributed by atoms with Gasteiger partial charge < -0.3 is 15.4 Å². The van der Waals surface area contributed by atoms with Crippen LogP contribution in [0.5, 0.6) is 0 Å². The number of carbonyl (C=O) groups is 1. The number of hydrogen-bond donors (Lipinski definition) is 3. The fourth-order valence-corrected chi connectivity index (χ4v) is 3.08. The Labute approximate surface area is 145 Å². The molecule has 1 unspecified atom stereocenters. The van der Waals surface area contributed by atoms with Gasteiger partial charge >= 0.3 is 0 Å². The predicted molar refractivity (Wildman–Crippen MR) is 91.6 cm³/mol. The molecule has 2 atom stereocenters. The van der Waals surface area contributed by atoms with Crippen LogP contribution < -0.4 is 5.32 Å². The number of benzene rings is 1. The number of H-pyrrole nitrogens is 1. The number of aromatic nitrogens is 2. The molecule has 124 valence electrons. The maximum absolute atomic E-state index is 12.1. The summed E-state index contributed by atoms with van der Waals surface area (Å²) in [5.74, 6) is 5.72. The number of amides is 1. The van der Waals surface area contributed by atoms with E-state index in [9.17, 15) is 9.90 Å². The highest BCUT2D eigenvalue weighted by Gasteiger charge is 2.33. The summed E-state index contributed by atoms with van der Waals surface area (Å²) < 4.78 is 0. The van der Waals surface area contributed by atoms with E-state index in [0.717, 1.165) is 18.4 Å². The zero-order chi connectivity index (χ0) is 17.0. The highest BCUT2D eigenvalue weighted by atomic mass is 35.5. The normalized spacial score (nSPS) is 23.2. The Morgan fingerprint density at radius 1 is 1.50 bits per heavy atom. The molecule has 1 aromatic heterocycles. The van der Waals surface area contributed by atoms with E-state index in [4.69, 9.17) is 11.6 Å². The molecule has 3 N–H and O–H groups in total. The summed E-state index contributed by atoms with van der Waals surface area (Å²) >= 11 is 5.94. The Kier molecular flexibility index (Phi) is 4.89. The zero-order valence-corrected chi connectivity index (χ0v) is 13.8. The average molecular weight is 344 g/mol. The first-order chi connectivity index (χ1) is 11.5. The number of rotatable bonds is 2. The molecule has 1 heterocycles. The third-order valence-corrected chi connectivity index (χ3v) is 4.30. The summed E-state index contributed by atoms with van der Waals surface area (Å²) in [5, 5.41) is 14.3. The van der Waals surface area contributed by atoms with E-state index in [1.54, 1.807) is 12.1 Å². The monoisotopic (exact) mass is 343 g/mol. The molecule has 1 aromatic carbocycles. The number of nitrogens with one attached hydrogen (secondary N) is 2. The SMILES string of the molecule is O=C(N[C@@H]1CCCC(O)(C#Cc2cccc(Cl)c2)C1)c1cnc[nH]1. The van der Waals surface area contributed by atoms with Crippen molar-refractivity contribution in [3.05, 3.63) is 53.1 Å². The Bertz CT molecular complexity index is 779. The molecular formula is C18H18ClN3O2. The van der Waals surface area contributed by atoms with Gasteiger partial charge in [0, 0.05) is 23.0 Å². The van der Waals surface area contributed by atoms with E-state index in [1.165, 1.54) is 12.5 Å². The minimum atomic E-state index is -1.10. The van der Waals surface area contributed by atoms with Crippen LogP contribution in [0.25, 0.3) is 0 Å². The number of aliphatic hydroxyl groups is 1. The molecule has 1 aliphatic rings. The molecule has 1 aliphatic carbocycles. The van der Waals surface area contributed by atoms with Crippen LogP contribution in [0.15, 0.2) is 36.8 Å². The summed E-state index contributed by atoms with van der Waals surface area (Å²) in [7, 11) is 0. The first kappa shape index (κ1) is 16.6. The lowest BCUT2D eigenvalue weighted by Gasteiger charge is -2.33. The van der Waals surface area contributed by atoms with E-state index in [2.05, 4.69) is 27.1 Å². The summed E-state index contributed by atoms with van der Waals surface area (Å²) in [6.45, 7) is 0. The lowest BCUT2D eigenvalue weighted by atomic mass is 9.82. The maximum Gasteiger partial charge on any atom is 0.269 e. The van der Waals surface area contributed by atoms with Crippen LogP contribution in [0.4, 0.5) is 0 Å². The quantitative estimate of drug-likeness (QED) is 0.733. The van der Waals surface area contributed by atoms with Crippen molar-refractivity contribution in [2.75, 3.05) is 0 Å². The van der Waals surface area contributed by atoms with Crippen LogP contribution in [0.3, 0.4) is 0 Å². The van der Waals surface area contributed by atoms with Crippen molar-refractivity contribution in [1.82, 2.24) is 15.3 Å². The standard InChI is InChI=1S/C18H18ClN3O2/c19-14-4-1-3-13(9-14)6-8-18(24)7-2-5-15(10-18)22-17(23)16-11-20-12-21-16/h1,3-4,9,11-12,15,24H,2,5,7,10H2,(H,20,21)(H,22,23)/t15-,18?/m1/s1. The zero-order valence-electron chi connectivity index (χ0n) is 13.1. The molecule has 6 heteroatoms. The van der Waals surface area contributed by atoms with Crippen molar-refractivity contribution in [2.45, 2.75) is 37.3 Å². The topological polar surface area (TPSA) is 78.0 Å². The number of imidazole rings is 1. The molecule has 3 rings (SSSR count). The van der Waals surface area contributed by atoms with Crippen molar-refractivity contribution in [3.63, 3.8) is 0 Å². The average Bonchev–Trinajstić information content (AvgIpc) is 3.08. The Morgan fingerprint density at radius 2 is 2.38 bits per heavy atom. The van der Waals surface area contributed by atoms with Crippen molar-refractivity contribution >= 4 is 17.5 Å². The summed E-state index contributed by atoms with van der Waals surface area (Å²) in [6, 6.07) is 7.10. The highest BCUT2D eigenvalue weighted by Crippen LogP contribution is 2.28. The summed E-state index contributed by atoms with van der Waals surface area (Å²) in [4.78, 5) is 18.7. The smallest absolute Gasteiger partial charge is 0.269 e. The molecule has 2 aromatic rings. The minimum Gasteiger partial charge on any atom is -0.378 e. The lowest BCUT2D eigenvalue weighted by Crippen LogP contribution is -2.45. The molecular weight excluding hydrogens is 326 g/mol. The number of nitrogens with zero attached hydrogens (tertiary/aromatic N) is 1. The largest absolute Gasteiger partial charge is 0.378 e. The van der Waals surface area contributed by atoms with E-state index in [-0.39, 0.29) is 11.9 Å². The molecule has 0 spiro atoms. The van der Waals surface area contributed by atoms with Crippen molar-refractivity contribution < 1.29 is 9.90 Å². The van der Waals surface area contributed by atoms with Gasteiger partial charge in [0.15, 0.2) is 0 Å². The maximum atomic E-state index is 12.1. The first-order valence-corrected chi connectivity index (χ1v) is 8.22. The van der Waals surface area contributed by atoms with Gasteiger partial charge in [-0.2, -0.15) is 0 Å². The van der Waals surface area contributed by atoms with Crippen LogP contribution in [-0.2, 0) is 0 Å². The van der Waals surface area contributed by atoms with Gasteiger partial charge in [-0.05, 0) is 37.5 Å². The second-order valence-electron chi connectivity index (χ2n) is 6.02. The summed E-state index contributed by atoms with van der Waals surface area (Å²) in [5.41, 5.74) is 0.0700. The number of hydrogen-bond acceptors (Lipinski definition) is 3. The van der Waals surface area contributed by atoms with E-state index in [0.29, 0.717) is 23.6 Å². The van der Waals surface area contributed by atoms with Gasteiger partial charge in [0.1, 0.15) is 11.3 Å². The van der Waals surface area contributed by atoms with Crippen LogP contribution >= 0.6 is 11.6 Å². The van der Waals surface area contributed by atoms with Gasteiger partial charge in [-0.25, -0.2) is 4.98 Å². The van der Waals surface area contributed by atoms with Crippen molar-refractivity contribution in [1.29, 1.82) is 0 Å². The molecule has 0 radical (unpaired) electrons. The Balaban J connectivity index is 1.67. The molecule has 5 nitrogen and oxygen atoms in total. The molecule has 0 aliphatic heterocycles. The van der Waals surface area contributed by atoms with Crippen LogP contribution in [0, 0.1) is 11.8 Å². The van der Waals surface area contributed by atoms with E-state index >= 15 is 0 Å². The lowest BCUT2D eigenvalue weighted by molar-refractivity contribution is 0.0451. The second-order valence-corrected chi connectivity index (χ2v) is 6.46. The fraction of sp³-hybridized carbons (Fsp3) is 0.333. The molecule has 1 fully saturated rings. The third kappa shape index (κ3) is 4.16. The third-order valence-electron chi connectivity index (χ3n) is 4.07. The van der Waals surface area contributed by atoms with Crippen LogP contribution in [-0.4, -0.2) is 32.6 Å². The minimum absolute atomic E-state index is 0.117. The van der Waals surface area contributed by atoms with Gasteiger partial charge in [0.25, 0.3) is 5.91 Å². The van der Waals surface area contributed by atoms with E-state index < -0.39 is 5.60 Å². The van der Waals surface area contributed by atoms with Crippen molar-refractivity contribution in [3.8, 4) is 11.8 Å². The summed E-state index contributed by atoms with van der Waals surface area (Å²) in [6.07, 6.45) is 5.55. The second kappa shape index (κ2) is 7.08. The van der Waals surface area contributed by atoms with Gasteiger partial charge in [0.2, 0.25) is 0 Å². The fourth-order valence-electron chi connectivity index (χ4n) is 2.89. The van der Waals surface area contributed by atoms with Crippen LogP contribution in [0.1, 0.15) is 41.7 Å². The van der Waals surface area contributed by atoms with E-state index in [1.807, 2.05) is 12.1 Å². The number of halogens is 1. The molecule has 1 amide bonds. The van der Waals surface area contributed by atoms with Gasteiger partial charge in [-0.15, -0.1) is 0 Å². The van der Waals surface area contributed by atoms with Crippen LogP contribution in [0.2, 0.25) is 5.02 Å². The van der Waals surface area contributed by atoms with Gasteiger partial charge in [-0.3, -0.25) is 4.79 Å². The highest BCUT2D eigenvalue weighted by molar-refractivity contribution is 6.30. The first-order valence-electron chi connectivity index (χ1n) is 7.84. The molecule has 1 saturated carbocycles. The van der Waals surface area contributed by atoms with Gasteiger partial charge in [-0.1, -0.05) is 29.5 Å². The van der Waals surface area contributed by atoms with Gasteiger partial charge in [0.05, 0.1) is 12.5 Å². The number of carbonyl (C=O) groups excluding carboxylic acids is 1. The molecule has 24 heavy (non-hydrogen) atoms. The molecule has 0 saturated heterocycles.